The van der Waals surface area contributed by atoms with Crippen molar-refractivity contribution in [2.24, 2.45) is 5.92 Å². The molecule has 1 N–H and O–H groups in total. The molecule has 1 aromatic heterocycles. The maximum Gasteiger partial charge on any atom is 0.416 e. The lowest BCUT2D eigenvalue weighted by Gasteiger charge is -2.42. The minimum absolute atomic E-state index is 0.0736. The predicted molar refractivity (Wildman–Crippen MR) is 115 cm³/mol. The van der Waals surface area contributed by atoms with Gasteiger partial charge in [-0.3, -0.25) is 9.78 Å². The number of carbonyl (C=O) groups is 1. The molecule has 0 unspecified atom stereocenters. The van der Waals surface area contributed by atoms with Crippen LogP contribution in [0.15, 0.2) is 54.7 Å². The van der Waals surface area contributed by atoms with Gasteiger partial charge in [0.15, 0.2) is 0 Å². The van der Waals surface area contributed by atoms with E-state index in [9.17, 15) is 18.0 Å². The second-order valence-electron chi connectivity index (χ2n) is 8.05. The largest absolute Gasteiger partial charge is 0.416 e. The van der Waals surface area contributed by atoms with Crippen molar-refractivity contribution >= 4 is 16.8 Å². The van der Waals surface area contributed by atoms with Gasteiger partial charge in [-0.15, -0.1) is 0 Å². The van der Waals surface area contributed by atoms with Crippen LogP contribution in [-0.4, -0.2) is 41.5 Å². The number of nitrogens with one attached hydrogen (secondary N) is 1. The zero-order valence-electron chi connectivity index (χ0n) is 17.4. The van der Waals surface area contributed by atoms with Crippen molar-refractivity contribution < 1.29 is 18.0 Å². The van der Waals surface area contributed by atoms with Gasteiger partial charge in [0.25, 0.3) is 5.91 Å². The van der Waals surface area contributed by atoms with Gasteiger partial charge in [-0.1, -0.05) is 37.3 Å². The summed E-state index contributed by atoms with van der Waals surface area (Å²) in [6.45, 7) is 7.15. The molecular formula is C24H24F3N3O. The van der Waals surface area contributed by atoms with Crippen LogP contribution in [0.25, 0.3) is 22.0 Å². The van der Waals surface area contributed by atoms with E-state index >= 15 is 0 Å². The third kappa shape index (κ3) is 4.42. The number of amides is 1. The molecule has 0 saturated carbocycles. The Morgan fingerprint density at radius 3 is 2.55 bits per heavy atom. The van der Waals surface area contributed by atoms with Crippen LogP contribution in [0.2, 0.25) is 0 Å². The molecule has 4 nitrogen and oxygen atoms in total. The molecule has 1 aliphatic rings. The first-order valence-electron chi connectivity index (χ1n) is 10.4. The monoisotopic (exact) mass is 427 g/mol. The number of para-hydroxylation sites is 1. The Balaban J connectivity index is 1.55. The lowest BCUT2D eigenvalue weighted by molar-refractivity contribution is -0.137. The van der Waals surface area contributed by atoms with E-state index in [1.807, 2.05) is 25.1 Å². The van der Waals surface area contributed by atoms with Crippen molar-refractivity contribution in [3.8, 4) is 11.1 Å². The van der Waals surface area contributed by atoms with E-state index in [2.05, 4.69) is 22.1 Å². The number of pyridine rings is 1. The van der Waals surface area contributed by atoms with Crippen LogP contribution >= 0.6 is 0 Å². The molecule has 1 aliphatic heterocycles. The minimum Gasteiger partial charge on any atom is -0.349 e. The van der Waals surface area contributed by atoms with Gasteiger partial charge >= 0.3 is 6.18 Å². The molecule has 31 heavy (non-hydrogen) atoms. The number of alkyl halides is 3. The van der Waals surface area contributed by atoms with Gasteiger partial charge in [0.2, 0.25) is 0 Å². The fraction of sp³-hybridized carbons (Fsp3) is 0.333. The maximum atomic E-state index is 12.8. The van der Waals surface area contributed by atoms with E-state index in [-0.39, 0.29) is 11.9 Å². The summed E-state index contributed by atoms with van der Waals surface area (Å²) in [7, 11) is 0. The smallest absolute Gasteiger partial charge is 0.349 e. The fourth-order valence-corrected chi connectivity index (χ4v) is 3.95. The normalized spacial score (nSPS) is 16.2. The number of rotatable bonds is 5. The molecule has 0 spiro atoms. The molecule has 0 radical (unpaired) electrons. The van der Waals surface area contributed by atoms with E-state index in [1.54, 1.807) is 6.07 Å². The number of aromatic nitrogens is 1. The van der Waals surface area contributed by atoms with Crippen LogP contribution in [0.3, 0.4) is 0 Å². The standard InChI is InChI=1S/C24H24F3N3O/c1-3-30-13-19(14-30)15(2)29-23(31)18-11-17-5-4-6-21(22(17)28-12-18)16-7-9-20(10-8-16)24(25,26)27/h4-12,15,19H,3,13-14H2,1-2H3,(H,29,31)/t15-/m0/s1. The molecule has 1 saturated heterocycles. The van der Waals surface area contributed by atoms with Crippen molar-refractivity contribution in [3.05, 3.63) is 65.9 Å². The molecule has 1 fully saturated rings. The summed E-state index contributed by atoms with van der Waals surface area (Å²) in [4.78, 5) is 19.5. The van der Waals surface area contributed by atoms with Crippen molar-refractivity contribution in [1.82, 2.24) is 15.2 Å². The number of hydrogen-bond acceptors (Lipinski definition) is 3. The first kappa shape index (κ1) is 21.3. The third-order valence-corrected chi connectivity index (χ3v) is 5.99. The zero-order chi connectivity index (χ0) is 22.2. The van der Waals surface area contributed by atoms with E-state index in [0.29, 0.717) is 22.6 Å². The van der Waals surface area contributed by atoms with E-state index in [1.165, 1.54) is 18.3 Å². The van der Waals surface area contributed by atoms with Gasteiger partial charge in [0.05, 0.1) is 16.6 Å². The van der Waals surface area contributed by atoms with Gasteiger partial charge < -0.3 is 10.2 Å². The van der Waals surface area contributed by atoms with Crippen molar-refractivity contribution in [3.63, 3.8) is 0 Å². The molecular weight excluding hydrogens is 403 g/mol. The quantitative estimate of drug-likeness (QED) is 0.624. The van der Waals surface area contributed by atoms with Gasteiger partial charge in [-0.2, -0.15) is 13.2 Å². The number of halogens is 3. The Morgan fingerprint density at radius 2 is 1.90 bits per heavy atom. The van der Waals surface area contributed by atoms with Gasteiger partial charge in [-0.05, 0) is 37.2 Å². The third-order valence-electron chi connectivity index (χ3n) is 5.99. The average Bonchev–Trinajstić information content (AvgIpc) is 2.71. The summed E-state index contributed by atoms with van der Waals surface area (Å²) in [5, 5.41) is 3.82. The molecule has 162 valence electrons. The minimum atomic E-state index is -4.37. The lowest BCUT2D eigenvalue weighted by atomic mass is 9.92. The van der Waals surface area contributed by atoms with E-state index in [4.69, 9.17) is 0 Å². The summed E-state index contributed by atoms with van der Waals surface area (Å²) >= 11 is 0. The number of likely N-dealkylation sites (tertiary alicyclic amines) is 1. The highest BCUT2D eigenvalue weighted by Gasteiger charge is 2.31. The van der Waals surface area contributed by atoms with Crippen molar-refractivity contribution in [2.75, 3.05) is 19.6 Å². The van der Waals surface area contributed by atoms with E-state index < -0.39 is 11.7 Å². The molecule has 4 rings (SSSR count). The predicted octanol–water partition coefficient (Wildman–Crippen LogP) is 4.99. The Morgan fingerprint density at radius 1 is 1.19 bits per heavy atom. The van der Waals surface area contributed by atoms with Crippen molar-refractivity contribution in [1.29, 1.82) is 0 Å². The molecule has 1 amide bonds. The molecule has 3 aromatic rings. The Bertz CT molecular complexity index is 1090. The second kappa shape index (κ2) is 8.30. The summed E-state index contributed by atoms with van der Waals surface area (Å²) in [5.41, 5.74) is 1.79. The molecule has 2 heterocycles. The van der Waals surface area contributed by atoms with Crippen LogP contribution in [0, 0.1) is 5.92 Å². The first-order chi connectivity index (χ1) is 14.8. The summed E-state index contributed by atoms with van der Waals surface area (Å²) in [6.07, 6.45) is -2.85. The topological polar surface area (TPSA) is 45.2 Å². The Labute approximate surface area is 179 Å². The highest BCUT2D eigenvalue weighted by molar-refractivity contribution is 6.00. The molecule has 2 aromatic carbocycles. The molecule has 1 atom stereocenters. The van der Waals surface area contributed by atoms with Crippen LogP contribution in [0.5, 0.6) is 0 Å². The summed E-state index contributed by atoms with van der Waals surface area (Å²) in [5.74, 6) is 0.278. The number of fused-ring (bicyclic) bond motifs is 1. The summed E-state index contributed by atoms with van der Waals surface area (Å²) < 4.78 is 38.5. The van der Waals surface area contributed by atoms with Gasteiger partial charge in [-0.25, -0.2) is 0 Å². The average molecular weight is 427 g/mol. The highest BCUT2D eigenvalue weighted by Crippen LogP contribution is 2.33. The molecule has 7 heteroatoms. The van der Waals surface area contributed by atoms with Crippen molar-refractivity contribution in [2.45, 2.75) is 26.1 Å². The number of hydrogen-bond donors (Lipinski definition) is 1. The van der Waals surface area contributed by atoms with E-state index in [0.717, 1.165) is 42.7 Å². The van der Waals surface area contributed by atoms with Gasteiger partial charge in [0.1, 0.15) is 0 Å². The van der Waals surface area contributed by atoms with Crippen LogP contribution in [0.1, 0.15) is 29.8 Å². The SMILES string of the molecule is CCN1CC([C@H](C)NC(=O)c2cnc3c(-c4ccc(C(F)(F)F)cc4)cccc3c2)C1. The summed E-state index contributed by atoms with van der Waals surface area (Å²) in [6, 6.07) is 12.3. The zero-order valence-corrected chi connectivity index (χ0v) is 17.4. The van der Waals surface area contributed by atoms with Crippen LogP contribution in [-0.2, 0) is 6.18 Å². The van der Waals surface area contributed by atoms with Gasteiger partial charge in [0, 0.05) is 42.2 Å². The lowest BCUT2D eigenvalue weighted by Crippen LogP contribution is -2.55. The number of nitrogens with zero attached hydrogens (tertiary/aromatic N) is 2. The van der Waals surface area contributed by atoms with Crippen LogP contribution < -0.4 is 5.32 Å². The number of benzene rings is 2. The Hall–Kier alpha value is -2.93. The first-order valence-corrected chi connectivity index (χ1v) is 10.4. The number of carbonyl (C=O) groups excluding carboxylic acids is 1. The second-order valence-corrected chi connectivity index (χ2v) is 8.05. The fourth-order valence-electron chi connectivity index (χ4n) is 3.95. The maximum absolute atomic E-state index is 12.8. The molecule has 0 bridgehead atoms. The molecule has 0 aliphatic carbocycles. The Kier molecular flexibility index (Phi) is 5.71. The highest BCUT2D eigenvalue weighted by atomic mass is 19.4. The van der Waals surface area contributed by atoms with Crippen LogP contribution in [0.4, 0.5) is 13.2 Å².